The summed E-state index contributed by atoms with van der Waals surface area (Å²) in [5.41, 5.74) is -0.130. The molecule has 0 aromatic carbocycles. The average molecular weight is 217 g/mol. The summed E-state index contributed by atoms with van der Waals surface area (Å²) in [6.45, 7) is 11.3. The highest BCUT2D eigenvalue weighted by Crippen LogP contribution is 2.05. The highest BCUT2D eigenvalue weighted by molar-refractivity contribution is 5.75. The van der Waals surface area contributed by atoms with Gasteiger partial charge < -0.3 is 14.8 Å². The van der Waals surface area contributed by atoms with Crippen molar-refractivity contribution in [2.24, 2.45) is 0 Å². The Hall–Kier alpha value is -0.610. The van der Waals surface area contributed by atoms with E-state index in [4.69, 9.17) is 9.47 Å². The molecule has 4 heteroatoms. The Morgan fingerprint density at radius 2 is 2.00 bits per heavy atom. The van der Waals surface area contributed by atoms with Gasteiger partial charge in [-0.25, -0.2) is 0 Å². The fourth-order valence-electron chi connectivity index (χ4n) is 0.983. The molecule has 0 aliphatic rings. The number of esters is 1. The predicted octanol–water partition coefficient (Wildman–Crippen LogP) is 1.34. The molecule has 1 unspecified atom stereocenters. The van der Waals surface area contributed by atoms with Gasteiger partial charge in [0.25, 0.3) is 0 Å². The van der Waals surface area contributed by atoms with Gasteiger partial charge in [-0.05, 0) is 34.6 Å². The normalized spacial score (nSPS) is 13.7. The van der Waals surface area contributed by atoms with Crippen molar-refractivity contribution in [1.29, 1.82) is 0 Å². The molecule has 0 aromatic heterocycles. The predicted molar refractivity (Wildman–Crippen MR) is 59.8 cm³/mol. The van der Waals surface area contributed by atoms with Gasteiger partial charge in [-0.2, -0.15) is 0 Å². The first-order valence-corrected chi connectivity index (χ1v) is 5.41. The molecule has 0 saturated carbocycles. The monoisotopic (exact) mass is 217 g/mol. The zero-order valence-electron chi connectivity index (χ0n) is 10.4. The number of hydrogen-bond acceptors (Lipinski definition) is 4. The molecule has 0 aromatic rings. The van der Waals surface area contributed by atoms with E-state index >= 15 is 0 Å². The Kier molecular flexibility index (Phi) is 6.52. The quantitative estimate of drug-likeness (QED) is 0.539. The van der Waals surface area contributed by atoms with Crippen LogP contribution in [0.15, 0.2) is 0 Å². The molecule has 15 heavy (non-hydrogen) atoms. The maximum atomic E-state index is 11.2. The smallest absolute Gasteiger partial charge is 0.322 e. The first-order valence-electron chi connectivity index (χ1n) is 5.41. The van der Waals surface area contributed by atoms with Crippen LogP contribution in [0.3, 0.4) is 0 Å². The molecular formula is C11H23NO3. The second-order valence-electron chi connectivity index (χ2n) is 4.39. The second kappa shape index (κ2) is 6.80. The van der Waals surface area contributed by atoms with Gasteiger partial charge in [-0.15, -0.1) is 0 Å². The van der Waals surface area contributed by atoms with Gasteiger partial charge in [-0.1, -0.05) is 0 Å². The van der Waals surface area contributed by atoms with Crippen LogP contribution in [0.4, 0.5) is 0 Å². The Labute approximate surface area is 92.3 Å². The third kappa shape index (κ3) is 8.39. The van der Waals surface area contributed by atoms with Crippen molar-refractivity contribution in [2.45, 2.75) is 46.3 Å². The fourth-order valence-corrected chi connectivity index (χ4v) is 0.983. The van der Waals surface area contributed by atoms with Crippen molar-refractivity contribution in [2.75, 3.05) is 19.8 Å². The van der Waals surface area contributed by atoms with E-state index in [9.17, 15) is 4.79 Å². The summed E-state index contributed by atoms with van der Waals surface area (Å²) >= 11 is 0. The number of rotatable bonds is 6. The van der Waals surface area contributed by atoms with Crippen LogP contribution in [0.5, 0.6) is 0 Å². The molecule has 0 amide bonds. The molecule has 0 saturated heterocycles. The maximum Gasteiger partial charge on any atom is 0.322 e. The molecule has 0 aliphatic heterocycles. The van der Waals surface area contributed by atoms with Gasteiger partial charge in [0.15, 0.2) is 0 Å². The molecule has 0 heterocycles. The van der Waals surface area contributed by atoms with E-state index in [1.165, 1.54) is 0 Å². The van der Waals surface area contributed by atoms with Crippen molar-refractivity contribution in [3.8, 4) is 0 Å². The van der Waals surface area contributed by atoms with Crippen molar-refractivity contribution >= 4 is 5.97 Å². The number of carbonyl (C=O) groups excluding carboxylic acids is 1. The summed E-state index contributed by atoms with van der Waals surface area (Å²) in [6.07, 6.45) is 0. The van der Waals surface area contributed by atoms with Gasteiger partial charge in [0, 0.05) is 6.54 Å². The van der Waals surface area contributed by atoms with E-state index in [0.717, 1.165) is 0 Å². The van der Waals surface area contributed by atoms with Crippen molar-refractivity contribution in [3.05, 3.63) is 0 Å². The molecule has 0 fully saturated rings. The zero-order chi connectivity index (χ0) is 11.9. The zero-order valence-corrected chi connectivity index (χ0v) is 10.4. The molecule has 0 spiro atoms. The summed E-state index contributed by atoms with van der Waals surface area (Å²) in [6, 6.07) is -0.270. The number of carbonyl (C=O) groups is 1. The lowest BCUT2D eigenvalue weighted by molar-refractivity contribution is -0.145. The molecular weight excluding hydrogens is 194 g/mol. The second-order valence-corrected chi connectivity index (χ2v) is 4.39. The number of hydrogen-bond donors (Lipinski definition) is 1. The summed E-state index contributed by atoms with van der Waals surface area (Å²) in [5, 5.41) is 3.04. The van der Waals surface area contributed by atoms with Crippen molar-refractivity contribution < 1.29 is 14.3 Å². The van der Waals surface area contributed by atoms with Gasteiger partial charge >= 0.3 is 5.97 Å². The van der Waals surface area contributed by atoms with Crippen LogP contribution in [0.25, 0.3) is 0 Å². The van der Waals surface area contributed by atoms with Gasteiger partial charge in [0.2, 0.25) is 0 Å². The molecule has 0 rings (SSSR count). The maximum absolute atomic E-state index is 11.2. The molecule has 90 valence electrons. The van der Waals surface area contributed by atoms with Crippen LogP contribution < -0.4 is 5.32 Å². The Balaban J connectivity index is 3.55. The van der Waals surface area contributed by atoms with E-state index in [-0.39, 0.29) is 17.6 Å². The highest BCUT2D eigenvalue weighted by atomic mass is 16.5. The summed E-state index contributed by atoms with van der Waals surface area (Å²) in [4.78, 5) is 11.2. The lowest BCUT2D eigenvalue weighted by Crippen LogP contribution is -2.38. The minimum absolute atomic E-state index is 0.130. The molecule has 1 atom stereocenters. The highest BCUT2D eigenvalue weighted by Gasteiger charge is 2.13. The minimum Gasteiger partial charge on any atom is -0.465 e. The first kappa shape index (κ1) is 14.4. The third-order valence-corrected chi connectivity index (χ3v) is 1.73. The Bertz CT molecular complexity index is 187. The van der Waals surface area contributed by atoms with Crippen LogP contribution in [-0.4, -0.2) is 37.4 Å². The lowest BCUT2D eigenvalue weighted by atomic mass is 10.2. The van der Waals surface area contributed by atoms with Crippen LogP contribution >= 0.6 is 0 Å². The van der Waals surface area contributed by atoms with Gasteiger partial charge in [-0.3, -0.25) is 4.79 Å². The first-order chi connectivity index (χ1) is 6.87. The summed E-state index contributed by atoms with van der Waals surface area (Å²) < 4.78 is 10.4. The SMILES string of the molecule is CCOC(=O)C(C)NCCOC(C)(C)C. The van der Waals surface area contributed by atoms with E-state index < -0.39 is 0 Å². The molecule has 4 nitrogen and oxygen atoms in total. The Morgan fingerprint density at radius 1 is 1.40 bits per heavy atom. The Morgan fingerprint density at radius 3 is 2.47 bits per heavy atom. The van der Waals surface area contributed by atoms with Crippen LogP contribution in [-0.2, 0) is 14.3 Å². The summed E-state index contributed by atoms with van der Waals surface area (Å²) in [7, 11) is 0. The number of nitrogens with one attached hydrogen (secondary N) is 1. The number of ether oxygens (including phenoxy) is 2. The topological polar surface area (TPSA) is 47.6 Å². The molecule has 0 radical (unpaired) electrons. The lowest BCUT2D eigenvalue weighted by Gasteiger charge is -2.20. The largest absolute Gasteiger partial charge is 0.465 e. The van der Waals surface area contributed by atoms with Crippen LogP contribution in [0.2, 0.25) is 0 Å². The van der Waals surface area contributed by atoms with Gasteiger partial charge in [0.05, 0.1) is 18.8 Å². The standard InChI is InChI=1S/C11H23NO3/c1-6-14-10(13)9(2)12-7-8-15-11(3,4)5/h9,12H,6-8H2,1-5H3. The molecule has 1 N–H and O–H groups in total. The van der Waals surface area contributed by atoms with Crippen molar-refractivity contribution in [1.82, 2.24) is 5.32 Å². The van der Waals surface area contributed by atoms with E-state index in [1.807, 2.05) is 20.8 Å². The molecule has 0 aliphatic carbocycles. The van der Waals surface area contributed by atoms with Gasteiger partial charge in [0.1, 0.15) is 6.04 Å². The minimum atomic E-state index is -0.270. The van der Waals surface area contributed by atoms with Crippen LogP contribution in [0.1, 0.15) is 34.6 Å². The fraction of sp³-hybridized carbons (Fsp3) is 0.909. The average Bonchev–Trinajstić information content (AvgIpc) is 2.11. The van der Waals surface area contributed by atoms with E-state index in [1.54, 1.807) is 13.8 Å². The third-order valence-electron chi connectivity index (χ3n) is 1.73. The van der Waals surface area contributed by atoms with E-state index in [0.29, 0.717) is 19.8 Å². The van der Waals surface area contributed by atoms with Crippen LogP contribution in [0, 0.1) is 0 Å². The molecule has 0 bridgehead atoms. The van der Waals surface area contributed by atoms with E-state index in [2.05, 4.69) is 5.32 Å². The summed E-state index contributed by atoms with van der Waals surface area (Å²) in [5.74, 6) is -0.215. The van der Waals surface area contributed by atoms with Crippen molar-refractivity contribution in [3.63, 3.8) is 0 Å².